The summed E-state index contributed by atoms with van der Waals surface area (Å²) in [6.07, 6.45) is 5.52. The van der Waals surface area contributed by atoms with E-state index in [1.807, 2.05) is 0 Å². The van der Waals surface area contributed by atoms with Crippen LogP contribution in [0.15, 0.2) is 23.2 Å². The highest BCUT2D eigenvalue weighted by atomic mass is 32.1. The number of amidine groups is 1. The second-order valence-corrected chi connectivity index (χ2v) is 10.8. The van der Waals surface area contributed by atoms with E-state index >= 15 is 0 Å². The van der Waals surface area contributed by atoms with Gasteiger partial charge in [0.15, 0.2) is 6.29 Å². The lowest BCUT2D eigenvalue weighted by Crippen LogP contribution is -2.77. The van der Waals surface area contributed by atoms with Gasteiger partial charge in [-0.3, -0.25) is 9.89 Å². The fraction of sp³-hybridized carbons (Fsp3) is 0.577. The third kappa shape index (κ3) is 5.74. The molecule has 3 aliphatic heterocycles. The maximum atomic E-state index is 6.08. The summed E-state index contributed by atoms with van der Waals surface area (Å²) < 4.78 is 17.6. The van der Waals surface area contributed by atoms with E-state index in [9.17, 15) is 0 Å². The molecule has 4 heterocycles. The Hall–Kier alpha value is -2.33. The van der Waals surface area contributed by atoms with Gasteiger partial charge in [0.2, 0.25) is 11.3 Å². The Morgan fingerprint density at radius 2 is 2.23 bits per heavy atom. The van der Waals surface area contributed by atoms with E-state index in [-0.39, 0.29) is 12.3 Å². The minimum atomic E-state index is -0.00774. The average molecular weight is 499 g/mol. The zero-order chi connectivity index (χ0) is 24.2. The molecule has 0 amide bonds. The number of thiazole rings is 1. The lowest BCUT2D eigenvalue weighted by atomic mass is 9.89. The standard InChI is InChI=1S/C26H35N5O3S/c1-17(2)29-25(28-16-27)26-30-24-20-13-18(6-7-21(20)32-11-8-22(24)35-26)19-14-31(15-19)9-12-34-23-5-3-4-10-33-23/h6-7,13,16-17,19,23H,3-5,8-12,14-15H2,1-2H3,(H2,27,28,29)/p+1. The Balaban J connectivity index is 1.27. The quantitative estimate of drug-likeness (QED) is 0.447. The predicted molar refractivity (Wildman–Crippen MR) is 138 cm³/mol. The van der Waals surface area contributed by atoms with Crippen molar-refractivity contribution in [3.8, 4) is 17.0 Å². The van der Waals surface area contributed by atoms with Gasteiger partial charge >= 0.3 is 5.84 Å². The molecule has 0 spiro atoms. The molecule has 1 aromatic heterocycles. The summed E-state index contributed by atoms with van der Waals surface area (Å²) in [6, 6.07) is 6.84. The molecule has 0 saturated carbocycles. The predicted octanol–water partition coefficient (Wildman–Crippen LogP) is 1.91. The zero-order valence-corrected chi connectivity index (χ0v) is 21.5. The molecule has 3 N–H and O–H groups in total. The van der Waals surface area contributed by atoms with Crippen LogP contribution in [0, 0.1) is 0 Å². The molecule has 2 saturated heterocycles. The number of fused-ring (bicyclic) bond motifs is 3. The smallest absolute Gasteiger partial charge is 0.354 e. The zero-order valence-electron chi connectivity index (χ0n) is 20.7. The van der Waals surface area contributed by atoms with Gasteiger partial charge in [-0.25, -0.2) is 4.98 Å². The minimum Gasteiger partial charge on any atom is -0.493 e. The van der Waals surface area contributed by atoms with Crippen molar-refractivity contribution in [1.82, 2.24) is 9.88 Å². The molecule has 5 rings (SSSR count). The summed E-state index contributed by atoms with van der Waals surface area (Å²) >= 11 is 1.67. The first kappa shape index (κ1) is 24.4. The van der Waals surface area contributed by atoms with E-state index < -0.39 is 0 Å². The van der Waals surface area contributed by atoms with Gasteiger partial charge in [0.1, 0.15) is 5.75 Å². The van der Waals surface area contributed by atoms with Crippen molar-refractivity contribution in [2.45, 2.75) is 57.8 Å². The minimum absolute atomic E-state index is 0.00774. The van der Waals surface area contributed by atoms with E-state index in [1.54, 1.807) is 11.3 Å². The first-order valence-corrected chi connectivity index (χ1v) is 13.5. The van der Waals surface area contributed by atoms with Crippen LogP contribution in [-0.4, -0.2) is 73.8 Å². The Morgan fingerprint density at radius 1 is 1.34 bits per heavy atom. The number of aliphatic imine (C=N–C) groups is 1. The maximum absolute atomic E-state index is 6.08. The first-order valence-electron chi connectivity index (χ1n) is 12.7. The number of hydrogen-bond acceptors (Lipinski definition) is 6. The molecule has 1 aromatic carbocycles. The van der Waals surface area contributed by atoms with Crippen molar-refractivity contribution >= 4 is 23.5 Å². The number of ether oxygens (including phenoxy) is 3. The van der Waals surface area contributed by atoms with Crippen LogP contribution in [0.5, 0.6) is 5.75 Å². The van der Waals surface area contributed by atoms with Crippen molar-refractivity contribution in [3.05, 3.63) is 33.6 Å². The van der Waals surface area contributed by atoms with Gasteiger partial charge in [-0.1, -0.05) is 6.07 Å². The largest absolute Gasteiger partial charge is 0.493 e. The summed E-state index contributed by atoms with van der Waals surface area (Å²) in [5, 5.41) is 0.861. The van der Waals surface area contributed by atoms with Crippen LogP contribution in [0.2, 0.25) is 0 Å². The molecule has 0 aliphatic carbocycles. The second kappa shape index (κ2) is 11.2. The third-order valence-electron chi connectivity index (χ3n) is 6.65. The van der Waals surface area contributed by atoms with Gasteiger partial charge in [-0.2, -0.15) is 0 Å². The Kier molecular flexibility index (Phi) is 7.77. The highest BCUT2D eigenvalue weighted by Crippen LogP contribution is 2.40. The lowest BCUT2D eigenvalue weighted by Gasteiger charge is -2.40. The van der Waals surface area contributed by atoms with Gasteiger partial charge in [0.25, 0.3) is 0 Å². The van der Waals surface area contributed by atoms with Crippen LogP contribution in [0.3, 0.4) is 0 Å². The number of likely N-dealkylation sites (tertiary alicyclic amines) is 1. The molecule has 0 radical (unpaired) electrons. The van der Waals surface area contributed by atoms with Crippen LogP contribution in [0.25, 0.3) is 11.3 Å². The Morgan fingerprint density at radius 3 is 3.00 bits per heavy atom. The van der Waals surface area contributed by atoms with Gasteiger partial charge in [-0.05, 0) is 55.8 Å². The SMILES string of the molecule is CC(C)[NH+]=C(N=CN)c1nc2c(s1)CCOc1ccc(C3CN(CCOC4CCCCO4)C3)cc1-2. The van der Waals surface area contributed by atoms with Crippen molar-refractivity contribution in [2.24, 2.45) is 10.7 Å². The number of nitrogens with zero attached hydrogens (tertiary/aromatic N) is 3. The average Bonchev–Trinajstić information content (AvgIpc) is 3.17. The Bertz CT molecular complexity index is 1070. The number of nitrogens with one attached hydrogen (secondary N) is 1. The Labute approximate surface area is 211 Å². The van der Waals surface area contributed by atoms with Gasteiger partial charge < -0.3 is 19.9 Å². The molecule has 9 heteroatoms. The van der Waals surface area contributed by atoms with Gasteiger partial charge in [-0.15, -0.1) is 11.3 Å². The van der Waals surface area contributed by atoms with Crippen LogP contribution in [0.1, 0.15) is 54.5 Å². The number of rotatable bonds is 7. The monoisotopic (exact) mass is 498 g/mol. The molecule has 35 heavy (non-hydrogen) atoms. The van der Waals surface area contributed by atoms with Crippen molar-refractivity contribution in [2.75, 3.05) is 39.5 Å². The van der Waals surface area contributed by atoms with Crippen LogP contribution >= 0.6 is 11.3 Å². The fourth-order valence-corrected chi connectivity index (χ4v) is 5.84. The molecule has 0 bridgehead atoms. The summed E-state index contributed by atoms with van der Waals surface area (Å²) in [6.45, 7) is 9.42. The van der Waals surface area contributed by atoms with Crippen LogP contribution in [0.4, 0.5) is 0 Å². The van der Waals surface area contributed by atoms with Crippen LogP contribution in [-0.2, 0) is 15.9 Å². The van der Waals surface area contributed by atoms with Crippen molar-refractivity contribution in [1.29, 1.82) is 0 Å². The highest BCUT2D eigenvalue weighted by molar-refractivity contribution is 7.14. The van der Waals surface area contributed by atoms with Crippen molar-refractivity contribution in [3.63, 3.8) is 0 Å². The van der Waals surface area contributed by atoms with E-state index in [4.69, 9.17) is 24.9 Å². The number of hydrogen-bond donors (Lipinski definition) is 2. The number of nitrogens with two attached hydrogens (primary N) is 1. The van der Waals surface area contributed by atoms with E-state index in [0.29, 0.717) is 12.5 Å². The molecular formula is C26H36N5O3S+. The van der Waals surface area contributed by atoms with E-state index in [1.165, 1.54) is 23.2 Å². The van der Waals surface area contributed by atoms with Crippen molar-refractivity contribution < 1.29 is 19.2 Å². The fourth-order valence-electron chi connectivity index (χ4n) is 4.82. The summed E-state index contributed by atoms with van der Waals surface area (Å²) in [4.78, 5) is 16.4. The maximum Gasteiger partial charge on any atom is 0.354 e. The van der Waals surface area contributed by atoms with E-state index in [0.717, 1.165) is 80.0 Å². The van der Waals surface area contributed by atoms with Gasteiger partial charge in [0, 0.05) is 49.0 Å². The lowest BCUT2D eigenvalue weighted by molar-refractivity contribution is -0.493. The first-order chi connectivity index (χ1) is 17.1. The number of aromatic nitrogens is 1. The molecular weight excluding hydrogens is 462 g/mol. The van der Waals surface area contributed by atoms with Gasteiger partial charge in [0.05, 0.1) is 24.9 Å². The highest BCUT2D eigenvalue weighted by Gasteiger charge is 2.30. The molecule has 8 nitrogen and oxygen atoms in total. The number of benzene rings is 1. The summed E-state index contributed by atoms with van der Waals surface area (Å²) in [7, 11) is 0. The third-order valence-corrected chi connectivity index (χ3v) is 7.77. The van der Waals surface area contributed by atoms with Crippen LogP contribution < -0.4 is 15.5 Å². The molecule has 2 fully saturated rings. The second-order valence-electron chi connectivity index (χ2n) is 9.69. The normalized spacial score (nSPS) is 21.5. The molecule has 1 unspecified atom stereocenters. The summed E-state index contributed by atoms with van der Waals surface area (Å²) in [5.41, 5.74) is 9.03. The molecule has 1 atom stereocenters. The summed E-state index contributed by atoms with van der Waals surface area (Å²) in [5.74, 6) is 2.14. The van der Waals surface area contributed by atoms with E-state index in [2.05, 4.69) is 46.9 Å². The molecule has 2 aromatic rings. The molecule has 3 aliphatic rings. The molecule has 188 valence electrons. The topological polar surface area (TPSA) is 96.2 Å².